The molecule has 0 bridgehead atoms. The SMILES string of the molecule is CC(c1ccccc1)N(Cc1cc(N)ccc1N(C)C)C(=O)CC(C)(C)C. The molecule has 2 N–H and O–H groups in total. The number of benzene rings is 2. The molecule has 0 spiro atoms. The second kappa shape index (κ2) is 8.47. The van der Waals surface area contributed by atoms with Crippen molar-refractivity contribution in [3.05, 3.63) is 59.7 Å². The first-order valence-corrected chi connectivity index (χ1v) is 9.48. The van der Waals surface area contributed by atoms with Gasteiger partial charge < -0.3 is 15.5 Å². The molecule has 2 aromatic rings. The summed E-state index contributed by atoms with van der Waals surface area (Å²) in [6.07, 6.45) is 0.504. The van der Waals surface area contributed by atoms with Gasteiger partial charge in [-0.1, -0.05) is 51.1 Å². The summed E-state index contributed by atoms with van der Waals surface area (Å²) in [7, 11) is 4.02. The summed E-state index contributed by atoms with van der Waals surface area (Å²) in [6, 6.07) is 16.1. The number of hydrogen-bond donors (Lipinski definition) is 1. The van der Waals surface area contributed by atoms with E-state index in [1.54, 1.807) is 0 Å². The van der Waals surface area contributed by atoms with E-state index < -0.39 is 0 Å². The highest BCUT2D eigenvalue weighted by Gasteiger charge is 2.26. The van der Waals surface area contributed by atoms with E-state index in [4.69, 9.17) is 5.73 Å². The Morgan fingerprint density at radius 1 is 1.07 bits per heavy atom. The second-order valence-electron chi connectivity index (χ2n) is 8.63. The third-order valence-corrected chi connectivity index (χ3v) is 4.68. The Hall–Kier alpha value is -2.49. The highest BCUT2D eigenvalue weighted by molar-refractivity contribution is 5.77. The van der Waals surface area contributed by atoms with Crippen molar-refractivity contribution in [2.24, 2.45) is 5.41 Å². The lowest BCUT2D eigenvalue weighted by Crippen LogP contribution is -2.35. The Morgan fingerprint density at radius 2 is 1.70 bits per heavy atom. The number of amides is 1. The summed E-state index contributed by atoms with van der Waals surface area (Å²) >= 11 is 0. The number of nitrogens with two attached hydrogens (primary N) is 1. The summed E-state index contributed by atoms with van der Waals surface area (Å²) in [5, 5.41) is 0. The average molecular weight is 368 g/mol. The van der Waals surface area contributed by atoms with E-state index in [0.29, 0.717) is 18.7 Å². The van der Waals surface area contributed by atoms with Crippen molar-refractivity contribution in [1.82, 2.24) is 4.90 Å². The van der Waals surface area contributed by atoms with E-state index >= 15 is 0 Å². The van der Waals surface area contributed by atoms with Crippen LogP contribution in [0.4, 0.5) is 11.4 Å². The highest BCUT2D eigenvalue weighted by atomic mass is 16.2. The first-order valence-electron chi connectivity index (χ1n) is 9.48. The maximum atomic E-state index is 13.2. The first-order chi connectivity index (χ1) is 12.6. The summed E-state index contributed by atoms with van der Waals surface area (Å²) in [4.78, 5) is 17.3. The molecular weight excluding hydrogens is 334 g/mol. The number of carbonyl (C=O) groups excluding carboxylic acids is 1. The zero-order valence-corrected chi connectivity index (χ0v) is 17.5. The predicted octanol–water partition coefficient (Wildman–Crippen LogP) is 4.86. The van der Waals surface area contributed by atoms with E-state index in [1.165, 1.54) is 0 Å². The lowest BCUT2D eigenvalue weighted by Gasteiger charge is -2.33. The fourth-order valence-corrected chi connectivity index (χ4v) is 3.26. The summed E-state index contributed by atoms with van der Waals surface area (Å²) < 4.78 is 0. The summed E-state index contributed by atoms with van der Waals surface area (Å²) in [5.74, 6) is 0.158. The molecule has 0 saturated carbocycles. The molecule has 0 aromatic heterocycles. The molecule has 0 saturated heterocycles. The molecule has 1 atom stereocenters. The Labute approximate surface area is 164 Å². The Bertz CT molecular complexity index is 763. The van der Waals surface area contributed by atoms with Gasteiger partial charge in [-0.15, -0.1) is 0 Å². The number of hydrogen-bond acceptors (Lipinski definition) is 3. The molecule has 0 aliphatic carbocycles. The molecule has 4 nitrogen and oxygen atoms in total. The number of nitrogen functional groups attached to an aromatic ring is 1. The van der Waals surface area contributed by atoms with Crippen LogP contribution in [0.25, 0.3) is 0 Å². The van der Waals surface area contributed by atoms with Crippen LogP contribution in [-0.4, -0.2) is 24.9 Å². The third kappa shape index (κ3) is 5.75. The smallest absolute Gasteiger partial charge is 0.223 e. The van der Waals surface area contributed by atoms with Crippen LogP contribution >= 0.6 is 0 Å². The predicted molar refractivity (Wildman–Crippen MR) is 115 cm³/mol. The molecule has 4 heteroatoms. The van der Waals surface area contributed by atoms with Gasteiger partial charge in [0.2, 0.25) is 5.91 Å². The largest absolute Gasteiger partial charge is 0.399 e. The average Bonchev–Trinajstić information content (AvgIpc) is 2.58. The number of nitrogens with zero attached hydrogens (tertiary/aromatic N) is 2. The molecule has 0 fully saturated rings. The standard InChI is InChI=1S/C23H33N3O/c1-17(18-10-8-7-9-11-18)26(22(27)15-23(2,3)4)16-19-14-20(24)12-13-21(19)25(5)6/h7-14,17H,15-16,24H2,1-6H3. The topological polar surface area (TPSA) is 49.6 Å². The minimum Gasteiger partial charge on any atom is -0.399 e. The van der Waals surface area contributed by atoms with Crippen molar-refractivity contribution in [2.45, 2.75) is 46.7 Å². The van der Waals surface area contributed by atoms with Gasteiger partial charge >= 0.3 is 0 Å². The van der Waals surface area contributed by atoms with Crippen molar-refractivity contribution in [2.75, 3.05) is 24.7 Å². The Morgan fingerprint density at radius 3 is 2.26 bits per heavy atom. The molecule has 0 aliphatic rings. The van der Waals surface area contributed by atoms with Crippen LogP contribution in [-0.2, 0) is 11.3 Å². The molecule has 0 heterocycles. The van der Waals surface area contributed by atoms with Gasteiger partial charge in [0, 0.05) is 38.4 Å². The van der Waals surface area contributed by atoms with Crippen LogP contribution in [0.15, 0.2) is 48.5 Å². The lowest BCUT2D eigenvalue weighted by atomic mass is 9.91. The lowest BCUT2D eigenvalue weighted by molar-refractivity contribution is -0.136. The van der Waals surface area contributed by atoms with Crippen LogP contribution in [0.2, 0.25) is 0 Å². The van der Waals surface area contributed by atoms with E-state index in [-0.39, 0.29) is 17.4 Å². The van der Waals surface area contributed by atoms with Gasteiger partial charge in [0.05, 0.1) is 6.04 Å². The molecule has 0 radical (unpaired) electrons. The van der Waals surface area contributed by atoms with Gasteiger partial charge in [0.1, 0.15) is 0 Å². The van der Waals surface area contributed by atoms with Crippen molar-refractivity contribution >= 4 is 17.3 Å². The van der Waals surface area contributed by atoms with Crippen molar-refractivity contribution in [3.8, 4) is 0 Å². The second-order valence-corrected chi connectivity index (χ2v) is 8.63. The fourth-order valence-electron chi connectivity index (χ4n) is 3.26. The third-order valence-electron chi connectivity index (χ3n) is 4.68. The van der Waals surface area contributed by atoms with E-state index in [2.05, 4.69) is 44.7 Å². The summed E-state index contributed by atoms with van der Waals surface area (Å²) in [5.41, 5.74) is 9.97. The van der Waals surface area contributed by atoms with E-state index in [0.717, 1.165) is 16.8 Å². The van der Waals surface area contributed by atoms with Crippen molar-refractivity contribution in [3.63, 3.8) is 0 Å². The van der Waals surface area contributed by atoms with Gasteiger partial charge in [0.25, 0.3) is 0 Å². The quantitative estimate of drug-likeness (QED) is 0.742. The van der Waals surface area contributed by atoms with Gasteiger partial charge in [0.15, 0.2) is 0 Å². The van der Waals surface area contributed by atoms with Crippen molar-refractivity contribution in [1.29, 1.82) is 0 Å². The van der Waals surface area contributed by atoms with Crippen molar-refractivity contribution < 1.29 is 4.79 Å². The molecule has 2 rings (SSSR count). The van der Waals surface area contributed by atoms with E-state index in [9.17, 15) is 4.79 Å². The molecule has 27 heavy (non-hydrogen) atoms. The number of anilines is 2. The molecule has 2 aromatic carbocycles. The van der Waals surface area contributed by atoms with Gasteiger partial charge in [-0.25, -0.2) is 0 Å². The monoisotopic (exact) mass is 367 g/mol. The number of carbonyl (C=O) groups is 1. The molecule has 0 aliphatic heterocycles. The van der Waals surface area contributed by atoms with Gasteiger partial charge in [-0.05, 0) is 41.7 Å². The molecular formula is C23H33N3O. The Balaban J connectivity index is 2.41. The maximum absolute atomic E-state index is 13.2. The van der Waals surface area contributed by atoms with Crippen LogP contribution in [0.5, 0.6) is 0 Å². The van der Waals surface area contributed by atoms with Gasteiger partial charge in [-0.2, -0.15) is 0 Å². The highest BCUT2D eigenvalue weighted by Crippen LogP contribution is 2.30. The first kappa shape index (κ1) is 20.8. The zero-order valence-electron chi connectivity index (χ0n) is 17.5. The van der Waals surface area contributed by atoms with Gasteiger partial charge in [-0.3, -0.25) is 4.79 Å². The van der Waals surface area contributed by atoms with Crippen LogP contribution in [0, 0.1) is 5.41 Å². The zero-order chi connectivity index (χ0) is 20.2. The summed E-state index contributed by atoms with van der Waals surface area (Å²) in [6.45, 7) is 8.92. The maximum Gasteiger partial charge on any atom is 0.223 e. The fraction of sp³-hybridized carbons (Fsp3) is 0.435. The number of rotatable bonds is 6. The molecule has 1 amide bonds. The van der Waals surface area contributed by atoms with E-state index in [1.807, 2.05) is 55.4 Å². The minimum absolute atomic E-state index is 0.0162. The Kier molecular flexibility index (Phi) is 6.53. The van der Waals surface area contributed by atoms with Crippen LogP contribution < -0.4 is 10.6 Å². The van der Waals surface area contributed by atoms with Crippen LogP contribution in [0.1, 0.15) is 51.3 Å². The minimum atomic E-state index is -0.0637. The van der Waals surface area contributed by atoms with Crippen LogP contribution in [0.3, 0.4) is 0 Å². The molecule has 146 valence electrons. The normalized spacial score (nSPS) is 12.5. The molecule has 1 unspecified atom stereocenters.